The van der Waals surface area contributed by atoms with Crippen LogP contribution in [0, 0.1) is 12.8 Å². The van der Waals surface area contributed by atoms with Gasteiger partial charge in [0, 0.05) is 44.2 Å². The quantitative estimate of drug-likeness (QED) is 0.718. The predicted molar refractivity (Wildman–Crippen MR) is 112 cm³/mol. The fraction of sp³-hybridized carbons (Fsp3) is 0.391. The van der Waals surface area contributed by atoms with Crippen LogP contribution < -0.4 is 5.32 Å². The average Bonchev–Trinajstić information content (AvgIpc) is 3.33. The third kappa shape index (κ3) is 3.79. The summed E-state index contributed by atoms with van der Waals surface area (Å²) in [5.74, 6) is 0.0455. The topological polar surface area (TPSA) is 67.5 Å². The number of nitrogens with zero attached hydrogens (tertiary/aromatic N) is 2. The number of furan rings is 1. The van der Waals surface area contributed by atoms with Gasteiger partial charge in [0.15, 0.2) is 5.58 Å². The number of amides is 2. The minimum Gasteiger partial charge on any atom is -0.463 e. The van der Waals surface area contributed by atoms with Crippen molar-refractivity contribution < 1.29 is 14.0 Å². The van der Waals surface area contributed by atoms with E-state index in [4.69, 9.17) is 4.42 Å². The monoisotopic (exact) mass is 393 g/mol. The highest BCUT2D eigenvalue weighted by Crippen LogP contribution is 2.25. The van der Waals surface area contributed by atoms with Crippen molar-refractivity contribution in [2.24, 2.45) is 5.92 Å². The molecule has 1 aromatic carbocycles. The van der Waals surface area contributed by atoms with Gasteiger partial charge in [0.25, 0.3) is 5.91 Å². The molecule has 2 aromatic heterocycles. The van der Waals surface area contributed by atoms with E-state index in [1.807, 2.05) is 46.7 Å². The lowest BCUT2D eigenvalue weighted by atomic mass is 9.95. The average molecular weight is 393 g/mol. The highest BCUT2D eigenvalue weighted by molar-refractivity contribution is 5.97. The van der Waals surface area contributed by atoms with E-state index in [1.54, 1.807) is 6.26 Å². The lowest BCUT2D eigenvalue weighted by Gasteiger charge is -2.31. The summed E-state index contributed by atoms with van der Waals surface area (Å²) in [5, 5.41) is 3.06. The third-order valence-corrected chi connectivity index (χ3v) is 5.93. The molecule has 1 N–H and O–H groups in total. The zero-order chi connectivity index (χ0) is 20.4. The number of piperidine rings is 1. The predicted octanol–water partition coefficient (Wildman–Crippen LogP) is 3.73. The molecular formula is C23H27N3O3. The molecule has 0 saturated carbocycles. The van der Waals surface area contributed by atoms with Gasteiger partial charge in [-0.1, -0.05) is 24.3 Å². The Morgan fingerprint density at radius 3 is 2.66 bits per heavy atom. The van der Waals surface area contributed by atoms with Gasteiger partial charge in [-0.15, -0.1) is 0 Å². The summed E-state index contributed by atoms with van der Waals surface area (Å²) in [6.07, 6.45) is 3.02. The molecule has 152 valence electrons. The van der Waals surface area contributed by atoms with E-state index >= 15 is 0 Å². The van der Waals surface area contributed by atoms with Crippen LogP contribution in [0.4, 0.5) is 0 Å². The van der Waals surface area contributed by atoms with Crippen molar-refractivity contribution in [2.75, 3.05) is 13.1 Å². The van der Waals surface area contributed by atoms with E-state index in [0.29, 0.717) is 44.7 Å². The largest absolute Gasteiger partial charge is 0.463 e. The smallest absolute Gasteiger partial charge is 0.270 e. The normalized spacial score (nSPS) is 15.0. The van der Waals surface area contributed by atoms with Crippen LogP contribution in [0.2, 0.25) is 0 Å². The van der Waals surface area contributed by atoms with E-state index in [2.05, 4.69) is 18.3 Å². The molecule has 0 aliphatic carbocycles. The second-order valence-electron chi connectivity index (χ2n) is 7.65. The Labute approximate surface area is 170 Å². The number of likely N-dealkylation sites (tertiary alicyclic amines) is 1. The molecule has 0 bridgehead atoms. The van der Waals surface area contributed by atoms with E-state index < -0.39 is 0 Å². The number of fused-ring (bicyclic) bond motifs is 1. The van der Waals surface area contributed by atoms with Crippen LogP contribution in [-0.4, -0.2) is 34.4 Å². The third-order valence-electron chi connectivity index (χ3n) is 5.93. The first-order valence-electron chi connectivity index (χ1n) is 10.3. The molecule has 3 heterocycles. The zero-order valence-corrected chi connectivity index (χ0v) is 17.0. The lowest BCUT2D eigenvalue weighted by Crippen LogP contribution is -2.43. The summed E-state index contributed by atoms with van der Waals surface area (Å²) >= 11 is 0. The van der Waals surface area contributed by atoms with Crippen molar-refractivity contribution in [3.63, 3.8) is 0 Å². The number of carbonyl (C=O) groups excluding carboxylic acids is 2. The minimum absolute atomic E-state index is 0.0111. The van der Waals surface area contributed by atoms with Crippen LogP contribution in [0.25, 0.3) is 11.1 Å². The summed E-state index contributed by atoms with van der Waals surface area (Å²) in [6, 6.07) is 11.8. The van der Waals surface area contributed by atoms with Gasteiger partial charge in [-0.2, -0.15) is 0 Å². The Balaban J connectivity index is 1.35. The van der Waals surface area contributed by atoms with Gasteiger partial charge in [0.05, 0.1) is 11.8 Å². The standard InChI is InChI=1S/C23H27N3O3/c1-3-26-19-10-13-29-21(19)14-20(26)23(28)25-11-8-17(9-12-25)22(27)24-15-18-7-5-4-6-16(18)2/h4-7,10,13-14,17H,3,8-9,11-12,15H2,1-2H3,(H,24,27). The van der Waals surface area contributed by atoms with Crippen molar-refractivity contribution in [2.45, 2.75) is 39.8 Å². The van der Waals surface area contributed by atoms with E-state index in [-0.39, 0.29) is 17.7 Å². The maximum atomic E-state index is 13.0. The van der Waals surface area contributed by atoms with Crippen molar-refractivity contribution in [3.8, 4) is 0 Å². The van der Waals surface area contributed by atoms with Crippen LogP contribution >= 0.6 is 0 Å². The second kappa shape index (κ2) is 8.15. The van der Waals surface area contributed by atoms with Crippen LogP contribution in [-0.2, 0) is 17.9 Å². The molecule has 6 heteroatoms. The summed E-state index contributed by atoms with van der Waals surface area (Å²) in [4.78, 5) is 27.5. The Kier molecular flexibility index (Phi) is 5.43. The fourth-order valence-corrected chi connectivity index (χ4v) is 4.14. The summed E-state index contributed by atoms with van der Waals surface area (Å²) < 4.78 is 7.44. The molecule has 1 saturated heterocycles. The highest BCUT2D eigenvalue weighted by atomic mass is 16.3. The number of carbonyl (C=O) groups is 2. The molecule has 2 amide bonds. The first kappa shape index (κ1) is 19.3. The van der Waals surface area contributed by atoms with Gasteiger partial charge < -0.3 is 19.2 Å². The SMILES string of the molecule is CCn1c(C(=O)N2CCC(C(=O)NCc3ccccc3C)CC2)cc2occc21. The zero-order valence-electron chi connectivity index (χ0n) is 17.0. The first-order valence-corrected chi connectivity index (χ1v) is 10.3. The van der Waals surface area contributed by atoms with Gasteiger partial charge in [-0.05, 0) is 37.8 Å². The van der Waals surface area contributed by atoms with Crippen LogP contribution in [0.1, 0.15) is 41.4 Å². The number of hydrogen-bond acceptors (Lipinski definition) is 3. The molecule has 0 spiro atoms. The number of hydrogen-bond donors (Lipinski definition) is 1. The summed E-state index contributed by atoms with van der Waals surface area (Å²) in [5.41, 5.74) is 4.65. The Bertz CT molecular complexity index is 1030. The van der Waals surface area contributed by atoms with Gasteiger partial charge in [-0.3, -0.25) is 9.59 Å². The fourth-order valence-electron chi connectivity index (χ4n) is 4.14. The molecule has 1 aliphatic rings. The van der Waals surface area contributed by atoms with E-state index in [9.17, 15) is 9.59 Å². The van der Waals surface area contributed by atoms with Crippen molar-refractivity contribution in [1.29, 1.82) is 0 Å². The Morgan fingerprint density at radius 1 is 1.17 bits per heavy atom. The van der Waals surface area contributed by atoms with Gasteiger partial charge in [0.1, 0.15) is 5.69 Å². The molecule has 0 atom stereocenters. The van der Waals surface area contributed by atoms with E-state index in [0.717, 1.165) is 16.7 Å². The molecule has 1 fully saturated rings. The number of benzene rings is 1. The van der Waals surface area contributed by atoms with Gasteiger partial charge >= 0.3 is 0 Å². The van der Waals surface area contributed by atoms with Crippen LogP contribution in [0.3, 0.4) is 0 Å². The maximum Gasteiger partial charge on any atom is 0.270 e. The number of aryl methyl sites for hydroxylation is 2. The van der Waals surface area contributed by atoms with Crippen LogP contribution in [0.15, 0.2) is 47.1 Å². The Hall–Kier alpha value is -3.02. The second-order valence-corrected chi connectivity index (χ2v) is 7.65. The minimum atomic E-state index is -0.0442. The van der Waals surface area contributed by atoms with Crippen molar-refractivity contribution in [3.05, 3.63) is 59.5 Å². The first-order chi connectivity index (χ1) is 14.1. The molecule has 0 unspecified atom stereocenters. The number of nitrogens with one attached hydrogen (secondary N) is 1. The highest BCUT2D eigenvalue weighted by Gasteiger charge is 2.29. The van der Waals surface area contributed by atoms with E-state index in [1.165, 1.54) is 5.56 Å². The molecule has 3 aromatic rings. The lowest BCUT2D eigenvalue weighted by molar-refractivity contribution is -0.126. The molecular weight excluding hydrogens is 366 g/mol. The number of rotatable bonds is 5. The summed E-state index contributed by atoms with van der Waals surface area (Å²) in [7, 11) is 0. The molecule has 4 rings (SSSR count). The van der Waals surface area contributed by atoms with Crippen molar-refractivity contribution in [1.82, 2.24) is 14.8 Å². The molecule has 6 nitrogen and oxygen atoms in total. The Morgan fingerprint density at radius 2 is 1.93 bits per heavy atom. The maximum absolute atomic E-state index is 13.0. The molecule has 0 radical (unpaired) electrons. The molecule has 1 aliphatic heterocycles. The molecule has 29 heavy (non-hydrogen) atoms. The van der Waals surface area contributed by atoms with Gasteiger partial charge in [-0.25, -0.2) is 0 Å². The van der Waals surface area contributed by atoms with Crippen LogP contribution in [0.5, 0.6) is 0 Å². The number of aromatic nitrogens is 1. The van der Waals surface area contributed by atoms with Crippen molar-refractivity contribution >= 4 is 22.9 Å². The van der Waals surface area contributed by atoms with Gasteiger partial charge in [0.2, 0.25) is 5.91 Å². The summed E-state index contributed by atoms with van der Waals surface area (Å²) in [6.45, 7) is 6.52.